The van der Waals surface area contributed by atoms with Crippen LogP contribution in [0.3, 0.4) is 0 Å². The van der Waals surface area contributed by atoms with Crippen LogP contribution in [0, 0.1) is 11.3 Å². The summed E-state index contributed by atoms with van der Waals surface area (Å²) in [7, 11) is 0. The highest BCUT2D eigenvalue weighted by Gasteiger charge is 2.57. The maximum Gasteiger partial charge on any atom is 0.357 e. The zero-order valence-corrected chi connectivity index (χ0v) is 22.0. The van der Waals surface area contributed by atoms with E-state index in [1.54, 1.807) is 48.5 Å². The molecule has 1 aromatic heterocycles. The third-order valence-corrected chi connectivity index (χ3v) is 7.59. The van der Waals surface area contributed by atoms with Gasteiger partial charge in [-0.2, -0.15) is 0 Å². The molecule has 0 saturated carbocycles. The number of β-lactam (4-membered cyclic amide) rings is 1. The van der Waals surface area contributed by atoms with E-state index in [1.807, 2.05) is 24.3 Å². The minimum atomic E-state index is -1.30. The number of carbonyl (C=O) groups excluding carboxylic acids is 3. The molecular formula is C24H30N2O6S2. The second-order valence-electron chi connectivity index (χ2n) is 9.88. The van der Waals surface area contributed by atoms with Gasteiger partial charge in [-0.25, -0.2) is 9.78 Å². The van der Waals surface area contributed by atoms with E-state index < -0.39 is 41.0 Å². The van der Waals surface area contributed by atoms with Gasteiger partial charge in [-0.05, 0) is 66.2 Å². The van der Waals surface area contributed by atoms with Crippen LogP contribution in [0.1, 0.15) is 48.5 Å². The molecule has 2 aromatic rings. The van der Waals surface area contributed by atoms with Crippen molar-refractivity contribution in [3.05, 3.63) is 35.5 Å². The van der Waals surface area contributed by atoms with E-state index >= 15 is 0 Å². The zero-order valence-electron chi connectivity index (χ0n) is 20.4. The molecule has 1 aromatic carbocycles. The maximum atomic E-state index is 13.2. The molecule has 2 atom stereocenters. The molecule has 0 spiro atoms. The molecule has 1 saturated heterocycles. The van der Waals surface area contributed by atoms with E-state index in [0.717, 1.165) is 14.6 Å². The number of aliphatic hydroxyl groups is 1. The SMILES string of the molecule is CC(C)=C(C(=O)OCOC(=O)C(C)(C)C)N1C(=O)[C@@H](C(C)(C)O)[C@H]1Sc1nc2ccccc2s1. The predicted molar refractivity (Wildman–Crippen MR) is 131 cm³/mol. The van der Waals surface area contributed by atoms with Gasteiger partial charge in [0.15, 0.2) is 4.34 Å². The molecule has 0 unspecified atom stereocenters. The Morgan fingerprint density at radius 1 is 1.15 bits per heavy atom. The summed E-state index contributed by atoms with van der Waals surface area (Å²) < 4.78 is 11.9. The van der Waals surface area contributed by atoms with Crippen LogP contribution in [0.15, 0.2) is 39.9 Å². The summed E-state index contributed by atoms with van der Waals surface area (Å²) in [5.41, 5.74) is -0.575. The van der Waals surface area contributed by atoms with Crippen LogP contribution in [0.2, 0.25) is 0 Å². The molecule has 0 aliphatic carbocycles. The number of esters is 2. The Hall–Kier alpha value is -2.43. The number of aromatic nitrogens is 1. The van der Waals surface area contributed by atoms with Crippen molar-refractivity contribution in [2.24, 2.45) is 11.3 Å². The molecule has 10 heteroatoms. The number of hydrogen-bond donors (Lipinski definition) is 1. The lowest BCUT2D eigenvalue weighted by Crippen LogP contribution is -2.66. The fourth-order valence-corrected chi connectivity index (χ4v) is 6.16. The number of benzene rings is 1. The van der Waals surface area contributed by atoms with Gasteiger partial charge in [-0.15, -0.1) is 11.3 Å². The third kappa shape index (κ3) is 5.45. The van der Waals surface area contributed by atoms with Gasteiger partial charge >= 0.3 is 11.9 Å². The summed E-state index contributed by atoms with van der Waals surface area (Å²) in [6.07, 6.45) is 0. The summed E-state index contributed by atoms with van der Waals surface area (Å²) >= 11 is 2.80. The first-order valence-electron chi connectivity index (χ1n) is 10.8. The highest BCUT2D eigenvalue weighted by molar-refractivity contribution is 8.01. The van der Waals surface area contributed by atoms with Crippen molar-refractivity contribution in [1.29, 1.82) is 0 Å². The smallest absolute Gasteiger partial charge is 0.357 e. The van der Waals surface area contributed by atoms with Crippen LogP contribution in [0.5, 0.6) is 0 Å². The van der Waals surface area contributed by atoms with Crippen LogP contribution >= 0.6 is 23.1 Å². The van der Waals surface area contributed by atoms with E-state index in [2.05, 4.69) is 4.98 Å². The summed E-state index contributed by atoms with van der Waals surface area (Å²) in [5, 5.41) is 10.1. The Morgan fingerprint density at radius 3 is 2.35 bits per heavy atom. The van der Waals surface area contributed by atoms with Crippen molar-refractivity contribution in [3.63, 3.8) is 0 Å². The van der Waals surface area contributed by atoms with Crippen molar-refractivity contribution in [2.75, 3.05) is 6.79 Å². The summed E-state index contributed by atoms with van der Waals surface area (Å²) in [4.78, 5) is 44.0. The monoisotopic (exact) mass is 506 g/mol. The number of hydrogen-bond acceptors (Lipinski definition) is 9. The summed E-state index contributed by atoms with van der Waals surface area (Å²) in [6, 6.07) is 7.70. The fourth-order valence-electron chi connectivity index (χ4n) is 3.44. The molecule has 1 fully saturated rings. The lowest BCUT2D eigenvalue weighted by atomic mass is 9.82. The zero-order chi connectivity index (χ0) is 25.4. The summed E-state index contributed by atoms with van der Waals surface area (Å²) in [5.74, 6) is -2.42. The highest BCUT2D eigenvalue weighted by Crippen LogP contribution is 2.48. The van der Waals surface area contributed by atoms with Gasteiger partial charge in [0, 0.05) is 0 Å². The molecule has 1 aliphatic rings. The van der Waals surface area contributed by atoms with E-state index in [9.17, 15) is 19.5 Å². The molecule has 1 aliphatic heterocycles. The van der Waals surface area contributed by atoms with Gasteiger partial charge in [-0.1, -0.05) is 23.9 Å². The largest absolute Gasteiger partial charge is 0.427 e. The van der Waals surface area contributed by atoms with Crippen molar-refractivity contribution in [3.8, 4) is 0 Å². The molecular weight excluding hydrogens is 476 g/mol. The third-order valence-electron chi connectivity index (χ3n) is 5.20. The van der Waals surface area contributed by atoms with Gasteiger partial charge in [-0.3, -0.25) is 14.5 Å². The van der Waals surface area contributed by atoms with Crippen molar-refractivity contribution in [1.82, 2.24) is 9.88 Å². The minimum Gasteiger partial charge on any atom is -0.427 e. The molecule has 184 valence electrons. The molecule has 0 bridgehead atoms. The lowest BCUT2D eigenvalue weighted by Gasteiger charge is -2.50. The Morgan fingerprint density at radius 2 is 1.79 bits per heavy atom. The van der Waals surface area contributed by atoms with E-state index in [1.165, 1.54) is 28.0 Å². The average Bonchev–Trinajstić information content (AvgIpc) is 3.11. The standard InChI is InChI=1S/C24H30N2O6S2/c1-13(2)17(20(28)31-12-32-21(29)23(3,4)5)26-18(27)16(24(6,7)30)19(26)34-22-25-14-10-8-9-11-15(14)33-22/h8-11,16,19,30H,12H2,1-7H3/t16-,19-/m1/s1. The second kappa shape index (κ2) is 9.67. The normalized spacial score (nSPS) is 18.5. The molecule has 8 nitrogen and oxygen atoms in total. The van der Waals surface area contributed by atoms with Gasteiger partial charge in [0.2, 0.25) is 12.7 Å². The summed E-state index contributed by atoms with van der Waals surface area (Å²) in [6.45, 7) is 11.1. The Labute approximate surface area is 207 Å². The minimum absolute atomic E-state index is 0.0657. The topological polar surface area (TPSA) is 106 Å². The Bertz CT molecular complexity index is 1110. The first-order valence-corrected chi connectivity index (χ1v) is 12.5. The highest BCUT2D eigenvalue weighted by atomic mass is 32.2. The molecule has 1 amide bonds. The van der Waals surface area contributed by atoms with E-state index in [0.29, 0.717) is 5.57 Å². The molecule has 2 heterocycles. The van der Waals surface area contributed by atoms with Crippen LogP contribution in [-0.4, -0.2) is 50.6 Å². The average molecular weight is 507 g/mol. The van der Waals surface area contributed by atoms with Gasteiger partial charge < -0.3 is 14.6 Å². The van der Waals surface area contributed by atoms with E-state index in [-0.39, 0.29) is 11.6 Å². The molecule has 34 heavy (non-hydrogen) atoms. The number of allylic oxidation sites excluding steroid dienone is 1. The number of fused-ring (bicyclic) bond motifs is 1. The van der Waals surface area contributed by atoms with Gasteiger partial charge in [0.05, 0.1) is 27.2 Å². The number of carbonyl (C=O) groups is 3. The maximum absolute atomic E-state index is 13.2. The fraction of sp³-hybridized carbons (Fsp3) is 0.500. The molecule has 0 radical (unpaired) electrons. The number of thiazole rings is 1. The number of para-hydroxylation sites is 1. The van der Waals surface area contributed by atoms with Crippen LogP contribution in [0.25, 0.3) is 10.2 Å². The Kier molecular flexibility index (Phi) is 7.45. The van der Waals surface area contributed by atoms with Crippen molar-refractivity contribution < 1.29 is 29.0 Å². The first-order chi connectivity index (χ1) is 15.7. The number of nitrogens with zero attached hydrogens (tertiary/aromatic N) is 2. The number of rotatable bonds is 7. The van der Waals surface area contributed by atoms with Crippen molar-refractivity contribution >= 4 is 51.2 Å². The number of thioether (sulfide) groups is 1. The second-order valence-corrected chi connectivity index (χ2v) is 12.3. The van der Waals surface area contributed by atoms with Crippen molar-refractivity contribution in [2.45, 2.75) is 63.8 Å². The van der Waals surface area contributed by atoms with Gasteiger partial charge in [0.1, 0.15) is 11.1 Å². The number of amides is 1. The Balaban J connectivity index is 1.84. The van der Waals surface area contributed by atoms with Crippen LogP contribution < -0.4 is 0 Å². The quantitative estimate of drug-likeness (QED) is 0.256. The van der Waals surface area contributed by atoms with E-state index in [4.69, 9.17) is 9.47 Å². The predicted octanol–water partition coefficient (Wildman–Crippen LogP) is 4.33. The molecule has 1 N–H and O–H groups in total. The lowest BCUT2D eigenvalue weighted by molar-refractivity contribution is -0.176. The van der Waals surface area contributed by atoms with Crippen LogP contribution in [0.4, 0.5) is 0 Å². The van der Waals surface area contributed by atoms with Gasteiger partial charge in [0.25, 0.3) is 0 Å². The first kappa shape index (κ1) is 26.2. The molecule has 3 rings (SSSR count). The van der Waals surface area contributed by atoms with Crippen LogP contribution in [-0.2, 0) is 23.9 Å². The number of ether oxygens (including phenoxy) is 2. The number of likely N-dealkylation sites (tertiary alicyclic amines) is 1.